The summed E-state index contributed by atoms with van der Waals surface area (Å²) in [6.07, 6.45) is 3.64. The average molecular weight is 282 g/mol. The molecule has 2 atom stereocenters. The number of nitrogens with zero attached hydrogens (tertiary/aromatic N) is 3. The molecular weight excluding hydrogens is 260 g/mol. The Morgan fingerprint density at radius 1 is 1.35 bits per heavy atom. The fraction of sp³-hybridized carbons (Fsp3) is 0.846. The molecule has 0 saturated carbocycles. The summed E-state index contributed by atoms with van der Waals surface area (Å²) in [6, 6.07) is 1.30. The molecule has 0 aromatic carbocycles. The van der Waals surface area contributed by atoms with Crippen LogP contribution in [-0.4, -0.2) is 53.8 Å². The first-order valence-corrected chi connectivity index (χ1v) is 7.26. The number of nitrogens with one attached hydrogen (secondary N) is 1. The molecule has 112 valence electrons. The summed E-state index contributed by atoms with van der Waals surface area (Å²) < 4.78 is 10.7. The number of aromatic nitrogens is 2. The molecule has 3 rings (SSSR count). The van der Waals surface area contributed by atoms with Gasteiger partial charge in [-0.3, -0.25) is 0 Å². The van der Waals surface area contributed by atoms with E-state index in [0.29, 0.717) is 37.1 Å². The molecule has 2 saturated heterocycles. The minimum Gasteiger partial charge on any atom is -0.407 e. The third-order valence-corrected chi connectivity index (χ3v) is 4.14. The van der Waals surface area contributed by atoms with Gasteiger partial charge in [-0.15, -0.1) is 5.10 Å². The number of anilines is 1. The van der Waals surface area contributed by atoms with Crippen LogP contribution in [0.2, 0.25) is 0 Å². The van der Waals surface area contributed by atoms with E-state index >= 15 is 0 Å². The monoisotopic (exact) mass is 282 g/mol. The molecule has 7 heteroatoms. The number of hydrogen-bond acceptors (Lipinski definition) is 7. The van der Waals surface area contributed by atoms with Gasteiger partial charge in [-0.25, -0.2) is 0 Å². The van der Waals surface area contributed by atoms with Gasteiger partial charge in [0, 0.05) is 25.7 Å². The van der Waals surface area contributed by atoms with Crippen LogP contribution in [0.1, 0.15) is 31.6 Å². The molecule has 2 bridgehead atoms. The molecule has 2 N–H and O–H groups in total. The molecule has 2 unspecified atom stereocenters. The van der Waals surface area contributed by atoms with Crippen molar-refractivity contribution in [1.29, 1.82) is 0 Å². The van der Waals surface area contributed by atoms with Crippen LogP contribution in [0.4, 0.5) is 6.01 Å². The van der Waals surface area contributed by atoms with Crippen LogP contribution in [0.15, 0.2) is 4.42 Å². The van der Waals surface area contributed by atoms with E-state index in [4.69, 9.17) is 9.15 Å². The van der Waals surface area contributed by atoms with Gasteiger partial charge < -0.3 is 24.5 Å². The predicted molar refractivity (Wildman–Crippen MR) is 72.4 cm³/mol. The van der Waals surface area contributed by atoms with Crippen LogP contribution in [-0.2, 0) is 11.3 Å². The number of rotatable bonds is 6. The lowest BCUT2D eigenvalue weighted by atomic mass is 10.0. The first-order valence-electron chi connectivity index (χ1n) is 7.26. The molecule has 2 aliphatic heterocycles. The van der Waals surface area contributed by atoms with Crippen LogP contribution in [0.5, 0.6) is 0 Å². The van der Waals surface area contributed by atoms with Crippen molar-refractivity contribution in [3.8, 4) is 0 Å². The van der Waals surface area contributed by atoms with Crippen molar-refractivity contribution >= 4 is 6.01 Å². The minimum atomic E-state index is -0.179. The molecule has 2 aliphatic rings. The van der Waals surface area contributed by atoms with Crippen molar-refractivity contribution in [3.05, 3.63) is 5.89 Å². The minimum absolute atomic E-state index is 0.179. The Morgan fingerprint density at radius 3 is 2.80 bits per heavy atom. The summed E-state index contributed by atoms with van der Waals surface area (Å²) in [5, 5.41) is 21.2. The van der Waals surface area contributed by atoms with Crippen molar-refractivity contribution in [1.82, 2.24) is 15.5 Å². The lowest BCUT2D eigenvalue weighted by molar-refractivity contribution is 0.124. The smallest absolute Gasteiger partial charge is 0.318 e. The summed E-state index contributed by atoms with van der Waals surface area (Å²) in [7, 11) is 1.67. The Morgan fingerprint density at radius 2 is 2.10 bits per heavy atom. The largest absolute Gasteiger partial charge is 0.407 e. The second-order valence-electron chi connectivity index (χ2n) is 5.57. The van der Waals surface area contributed by atoms with Gasteiger partial charge in [-0.2, -0.15) is 0 Å². The van der Waals surface area contributed by atoms with Crippen molar-refractivity contribution in [2.75, 3.05) is 25.2 Å². The molecular formula is C13H22N4O3. The zero-order chi connectivity index (χ0) is 13.9. The van der Waals surface area contributed by atoms with E-state index in [-0.39, 0.29) is 6.10 Å². The quantitative estimate of drug-likeness (QED) is 0.726. The number of fused-ring (bicyclic) bond motifs is 2. The SMILES string of the molecule is COCCNCc1nnc(N2C3CCC2CC(O)C3)o1. The fourth-order valence-corrected chi connectivity index (χ4v) is 3.25. The molecule has 3 heterocycles. The van der Waals surface area contributed by atoms with Gasteiger partial charge >= 0.3 is 6.01 Å². The van der Waals surface area contributed by atoms with E-state index in [2.05, 4.69) is 20.4 Å². The lowest BCUT2D eigenvalue weighted by Crippen LogP contribution is -2.45. The number of aliphatic hydroxyl groups excluding tert-OH is 1. The lowest BCUT2D eigenvalue weighted by Gasteiger charge is -2.35. The zero-order valence-corrected chi connectivity index (χ0v) is 11.8. The second-order valence-corrected chi connectivity index (χ2v) is 5.57. The van der Waals surface area contributed by atoms with Crippen LogP contribution in [0.25, 0.3) is 0 Å². The Hall–Kier alpha value is -1.18. The highest BCUT2D eigenvalue weighted by atomic mass is 16.5. The molecule has 20 heavy (non-hydrogen) atoms. The van der Waals surface area contributed by atoms with E-state index in [1.165, 1.54) is 0 Å². The van der Waals surface area contributed by atoms with Crippen molar-refractivity contribution < 1.29 is 14.3 Å². The highest BCUT2D eigenvalue weighted by molar-refractivity contribution is 5.33. The van der Waals surface area contributed by atoms with Crippen LogP contribution in [0, 0.1) is 0 Å². The Labute approximate surface area is 118 Å². The Balaban J connectivity index is 1.59. The second kappa shape index (κ2) is 6.07. The maximum Gasteiger partial charge on any atom is 0.318 e. The number of piperidine rings is 1. The zero-order valence-electron chi connectivity index (χ0n) is 11.8. The summed E-state index contributed by atoms with van der Waals surface area (Å²) in [4.78, 5) is 2.21. The van der Waals surface area contributed by atoms with Gasteiger partial charge in [0.25, 0.3) is 0 Å². The summed E-state index contributed by atoms with van der Waals surface area (Å²) in [5.41, 5.74) is 0. The summed E-state index contributed by atoms with van der Waals surface area (Å²) >= 11 is 0. The topological polar surface area (TPSA) is 83.7 Å². The highest BCUT2D eigenvalue weighted by Gasteiger charge is 2.42. The van der Waals surface area contributed by atoms with E-state index < -0.39 is 0 Å². The molecule has 1 aromatic heterocycles. The molecule has 0 spiro atoms. The standard InChI is InChI=1S/C13H22N4O3/c1-19-5-4-14-8-12-15-16-13(20-12)17-9-2-3-10(17)7-11(18)6-9/h9-11,14,18H,2-8H2,1H3. The van der Waals surface area contributed by atoms with Gasteiger partial charge in [0.15, 0.2) is 0 Å². The molecule has 2 fully saturated rings. The number of ether oxygens (including phenoxy) is 1. The van der Waals surface area contributed by atoms with E-state index in [1.807, 2.05) is 0 Å². The maximum absolute atomic E-state index is 9.81. The first-order chi connectivity index (χ1) is 9.78. The highest BCUT2D eigenvalue weighted by Crippen LogP contribution is 2.38. The third kappa shape index (κ3) is 2.79. The van der Waals surface area contributed by atoms with Crippen molar-refractivity contribution in [3.63, 3.8) is 0 Å². The van der Waals surface area contributed by atoms with E-state index in [1.54, 1.807) is 7.11 Å². The average Bonchev–Trinajstić information content (AvgIpc) is 2.98. The van der Waals surface area contributed by atoms with Gasteiger partial charge in [-0.05, 0) is 25.7 Å². The predicted octanol–water partition coefficient (Wildman–Crippen LogP) is 0.298. The summed E-state index contributed by atoms with van der Waals surface area (Å²) in [6.45, 7) is 1.98. The number of hydrogen-bond donors (Lipinski definition) is 2. The van der Waals surface area contributed by atoms with E-state index in [9.17, 15) is 5.11 Å². The van der Waals surface area contributed by atoms with Gasteiger partial charge in [0.05, 0.1) is 19.3 Å². The molecule has 0 aliphatic carbocycles. The van der Waals surface area contributed by atoms with Crippen molar-refractivity contribution in [2.45, 2.75) is 50.4 Å². The van der Waals surface area contributed by atoms with Gasteiger partial charge in [-0.1, -0.05) is 5.10 Å². The summed E-state index contributed by atoms with van der Waals surface area (Å²) in [5.74, 6) is 0.599. The van der Waals surface area contributed by atoms with E-state index in [0.717, 1.165) is 32.2 Å². The van der Waals surface area contributed by atoms with Gasteiger partial charge in [0.2, 0.25) is 5.89 Å². The molecule has 1 aromatic rings. The first kappa shape index (κ1) is 13.8. The van der Waals surface area contributed by atoms with Gasteiger partial charge in [0.1, 0.15) is 0 Å². The van der Waals surface area contributed by atoms with Crippen LogP contribution >= 0.6 is 0 Å². The van der Waals surface area contributed by atoms with Crippen LogP contribution < -0.4 is 10.2 Å². The number of methoxy groups -OCH3 is 1. The molecule has 7 nitrogen and oxygen atoms in total. The fourth-order valence-electron chi connectivity index (χ4n) is 3.25. The Kier molecular flexibility index (Phi) is 4.18. The van der Waals surface area contributed by atoms with Crippen molar-refractivity contribution in [2.24, 2.45) is 0 Å². The third-order valence-electron chi connectivity index (χ3n) is 4.14. The Bertz CT molecular complexity index is 425. The number of aliphatic hydroxyl groups is 1. The maximum atomic E-state index is 9.81. The van der Waals surface area contributed by atoms with Crippen LogP contribution in [0.3, 0.4) is 0 Å². The molecule has 0 radical (unpaired) electrons. The molecule has 0 amide bonds. The normalized spacial score (nSPS) is 29.1.